The van der Waals surface area contributed by atoms with Crippen molar-refractivity contribution < 1.29 is 72.5 Å². The minimum atomic E-state index is -1.39. The summed E-state index contributed by atoms with van der Waals surface area (Å²) in [4.78, 5) is 69.2. The Balaban J connectivity index is 0.814. The lowest BCUT2D eigenvalue weighted by molar-refractivity contribution is -0.258. The van der Waals surface area contributed by atoms with Crippen LogP contribution in [0.5, 0.6) is 0 Å². The van der Waals surface area contributed by atoms with Gasteiger partial charge < -0.3 is 63.6 Å². The number of carbonyl (C=O) groups is 5. The fourth-order valence-electron chi connectivity index (χ4n) is 12.4. The first-order valence-corrected chi connectivity index (χ1v) is 22.3. The number of allylic oxidation sites excluding steroid dienone is 1. The van der Waals surface area contributed by atoms with E-state index in [1.165, 1.54) is 6.26 Å². The molecule has 0 aromatic carbocycles. The van der Waals surface area contributed by atoms with Gasteiger partial charge in [-0.25, -0.2) is 4.79 Å². The van der Waals surface area contributed by atoms with E-state index in [0.29, 0.717) is 24.0 Å². The number of rotatable bonds is 11. The molecule has 8 aliphatic rings. The van der Waals surface area contributed by atoms with Crippen molar-refractivity contribution in [1.29, 1.82) is 0 Å². The van der Waals surface area contributed by atoms with Gasteiger partial charge in [-0.3, -0.25) is 19.2 Å². The first-order valence-electron chi connectivity index (χ1n) is 22.3. The molecule has 3 aliphatic carbocycles. The van der Waals surface area contributed by atoms with Gasteiger partial charge >= 0.3 is 11.9 Å². The zero-order chi connectivity index (χ0) is 45.0. The van der Waals surface area contributed by atoms with E-state index in [-0.39, 0.29) is 111 Å². The quantitative estimate of drug-likeness (QED) is 0.118. The van der Waals surface area contributed by atoms with E-state index in [0.717, 1.165) is 6.42 Å². The molecule has 6 fully saturated rings. The maximum absolute atomic E-state index is 13.6. The van der Waals surface area contributed by atoms with E-state index < -0.39 is 83.5 Å². The summed E-state index contributed by atoms with van der Waals surface area (Å²) in [7, 11) is 0. The molecule has 13 atom stereocenters. The second-order valence-corrected chi connectivity index (χ2v) is 19.4. The summed E-state index contributed by atoms with van der Waals surface area (Å²) < 4.78 is 36.7. The van der Waals surface area contributed by atoms with Crippen LogP contribution in [0.3, 0.4) is 0 Å². The number of nitrogens with zero attached hydrogens (tertiary/aromatic N) is 2. The van der Waals surface area contributed by atoms with Crippen molar-refractivity contribution in [3.63, 3.8) is 0 Å². The molecule has 1 aromatic heterocycles. The van der Waals surface area contributed by atoms with Crippen molar-refractivity contribution in [3.8, 4) is 0 Å². The molecule has 1 aromatic rings. The van der Waals surface area contributed by atoms with Crippen molar-refractivity contribution in [2.24, 2.45) is 28.6 Å². The third-order valence-electron chi connectivity index (χ3n) is 16.2. The zero-order valence-corrected chi connectivity index (χ0v) is 36.4. The van der Waals surface area contributed by atoms with Crippen LogP contribution in [-0.2, 0) is 47.7 Å². The summed E-state index contributed by atoms with van der Waals surface area (Å²) in [5.74, 6) is -2.18. The molecule has 63 heavy (non-hydrogen) atoms. The lowest BCUT2D eigenvalue weighted by Gasteiger charge is -2.60. The number of aliphatic hydroxyl groups excluding tert-OH is 4. The summed E-state index contributed by atoms with van der Waals surface area (Å²) in [6, 6.07) is 2.30. The number of hydrogen-bond acceptors (Lipinski definition) is 15. The fourth-order valence-corrected chi connectivity index (χ4v) is 12.4. The molecule has 0 radical (unpaired) electrons. The number of nitrogens with one attached hydrogen (secondary N) is 1. The van der Waals surface area contributed by atoms with Crippen molar-refractivity contribution in [1.82, 2.24) is 15.1 Å². The normalized spacial score (nSPS) is 40.8. The predicted molar refractivity (Wildman–Crippen MR) is 216 cm³/mol. The molecule has 2 saturated carbocycles. The number of furan rings is 1. The standard InChI is InChI=1S/C45H59N3O15/c1-22(2)44-19-25(44)39-45(63-39)42(4)13-12-24-33(26(42)21-59-43(45,5)41(44)57)38(62-40(24)56)37(27-7-6-18-58-27)61-32(53)11-10-31(52)48-16-14-47(15-17-48)30(51)9-8-29(50)46-34-23(3)60-28(20-49)35(54)36(34)55/h6-7,18,22-23,25-26,28,34-36,39,41,49,54-55,57H,8-17,19-21H2,1-5H3,(H,46,50)/b38-37+/t23?,25-,26?,28+,34-,35+,36+,39-,41-,42-,43+,44+,45+/m0/s1. The Labute approximate surface area is 364 Å². The van der Waals surface area contributed by atoms with Gasteiger partial charge in [0, 0.05) is 73.3 Å². The highest BCUT2D eigenvalue weighted by Gasteiger charge is 2.92. The van der Waals surface area contributed by atoms with E-state index in [4.69, 9.17) is 28.1 Å². The SMILES string of the molecule is CC1O[C@H](CO)[C@@H](O)[C@H](O)[C@H]1NC(=O)CCC(=O)N1CCN(C(=O)CCC(=O)O/C(=C2/OC(=O)C3=C2C2CO[C@]4(C)[C@H](O)[C@@]5(C(C)C)C[C@H]5[C@@H]5O[C@@]54[C@@]2(C)CC3)c2ccco2)CC1. The van der Waals surface area contributed by atoms with E-state index in [2.05, 4.69) is 26.1 Å². The monoisotopic (exact) mass is 881 g/mol. The van der Waals surface area contributed by atoms with Crippen LogP contribution in [0.25, 0.3) is 5.76 Å². The van der Waals surface area contributed by atoms with E-state index in [1.54, 1.807) is 28.9 Å². The number of epoxide rings is 1. The summed E-state index contributed by atoms with van der Waals surface area (Å²) in [6.45, 7) is 10.6. The third-order valence-corrected chi connectivity index (χ3v) is 16.2. The number of aliphatic hydroxyl groups is 4. The lowest BCUT2D eigenvalue weighted by Crippen LogP contribution is -2.72. The molecule has 18 heteroatoms. The molecule has 18 nitrogen and oxygen atoms in total. The Hall–Kier alpha value is -4.17. The van der Waals surface area contributed by atoms with Crippen LogP contribution >= 0.6 is 0 Å². The second-order valence-electron chi connectivity index (χ2n) is 19.4. The number of piperazine rings is 1. The predicted octanol–water partition coefficient (Wildman–Crippen LogP) is 0.942. The molecule has 4 saturated heterocycles. The Kier molecular flexibility index (Phi) is 11.0. The number of amides is 3. The van der Waals surface area contributed by atoms with Crippen LogP contribution in [0.4, 0.5) is 0 Å². The van der Waals surface area contributed by atoms with E-state index in [1.807, 2.05) is 6.92 Å². The molecule has 5 aliphatic heterocycles. The van der Waals surface area contributed by atoms with Gasteiger partial charge in [-0.15, -0.1) is 0 Å². The molecule has 0 bridgehead atoms. The molecule has 5 N–H and O–H groups in total. The van der Waals surface area contributed by atoms with Crippen molar-refractivity contribution >= 4 is 35.4 Å². The van der Waals surface area contributed by atoms with Crippen LogP contribution in [0.1, 0.15) is 85.3 Å². The van der Waals surface area contributed by atoms with Crippen LogP contribution in [-0.4, -0.2) is 153 Å². The number of hydrogen-bond donors (Lipinski definition) is 5. The van der Waals surface area contributed by atoms with E-state index >= 15 is 0 Å². The number of esters is 2. The first kappa shape index (κ1) is 44.1. The van der Waals surface area contributed by atoms with Crippen LogP contribution in [0.2, 0.25) is 0 Å². The minimum absolute atomic E-state index is 0.0732. The maximum Gasteiger partial charge on any atom is 0.339 e. The van der Waals surface area contributed by atoms with Gasteiger partial charge in [0.1, 0.15) is 29.5 Å². The molecular weight excluding hydrogens is 823 g/mol. The number of fused-ring (bicyclic) bond motifs is 4. The summed E-state index contributed by atoms with van der Waals surface area (Å²) in [5, 5.41) is 44.6. The molecule has 1 spiro atoms. The highest BCUT2D eigenvalue weighted by molar-refractivity contribution is 5.97. The number of cyclic esters (lactones) is 1. The van der Waals surface area contributed by atoms with Crippen molar-refractivity contribution in [2.75, 3.05) is 39.4 Å². The van der Waals surface area contributed by atoms with Gasteiger partial charge in [-0.1, -0.05) is 20.8 Å². The molecule has 6 heterocycles. The van der Waals surface area contributed by atoms with Crippen LogP contribution < -0.4 is 5.32 Å². The van der Waals surface area contributed by atoms with Gasteiger partial charge in [-0.2, -0.15) is 0 Å². The van der Waals surface area contributed by atoms with Crippen LogP contribution in [0.15, 0.2) is 39.7 Å². The fraction of sp³-hybridized carbons (Fsp3) is 0.711. The maximum atomic E-state index is 13.6. The van der Waals surface area contributed by atoms with Crippen LogP contribution in [0, 0.1) is 28.6 Å². The molecule has 2 unspecified atom stereocenters. The molecule has 3 amide bonds. The van der Waals surface area contributed by atoms with Crippen molar-refractivity contribution in [2.45, 2.75) is 133 Å². The van der Waals surface area contributed by atoms with E-state index in [9.17, 15) is 44.4 Å². The number of ether oxygens (including phenoxy) is 5. The first-order chi connectivity index (χ1) is 29.9. The Morgan fingerprint density at radius 1 is 0.984 bits per heavy atom. The summed E-state index contributed by atoms with van der Waals surface area (Å²) >= 11 is 0. The smallest absolute Gasteiger partial charge is 0.339 e. The van der Waals surface area contributed by atoms with Gasteiger partial charge in [0.25, 0.3) is 0 Å². The van der Waals surface area contributed by atoms with Crippen molar-refractivity contribution in [3.05, 3.63) is 41.1 Å². The van der Waals surface area contributed by atoms with Gasteiger partial charge in [0.15, 0.2) is 11.5 Å². The van der Waals surface area contributed by atoms with Gasteiger partial charge in [0.05, 0.1) is 50.3 Å². The second kappa shape index (κ2) is 15.8. The molecular formula is C45H59N3O15. The minimum Gasteiger partial charge on any atom is -0.461 e. The summed E-state index contributed by atoms with van der Waals surface area (Å²) in [6.07, 6.45) is -2.71. The number of carbonyl (C=O) groups excluding carboxylic acids is 5. The lowest BCUT2D eigenvalue weighted by atomic mass is 9.49. The van der Waals surface area contributed by atoms with Gasteiger partial charge in [-0.05, 0) is 57.1 Å². The Morgan fingerprint density at radius 2 is 1.67 bits per heavy atom. The average Bonchev–Trinajstić information content (AvgIpc) is 4.11. The summed E-state index contributed by atoms with van der Waals surface area (Å²) in [5.41, 5.74) is -1.53. The topological polar surface area (TPSA) is 247 Å². The Bertz CT molecular complexity index is 2110. The Morgan fingerprint density at radius 3 is 2.30 bits per heavy atom. The largest absolute Gasteiger partial charge is 0.461 e. The highest BCUT2D eigenvalue weighted by atomic mass is 16.7. The third kappa shape index (κ3) is 6.63. The zero-order valence-electron chi connectivity index (χ0n) is 36.4. The molecule has 9 rings (SSSR count). The average molecular weight is 882 g/mol. The van der Waals surface area contributed by atoms with Gasteiger partial charge in [0.2, 0.25) is 23.5 Å². The highest BCUT2D eigenvalue weighted by Crippen LogP contribution is 2.82. The molecule has 344 valence electrons.